The molecule has 0 aliphatic rings. The maximum atomic E-state index is 11.7. The predicted molar refractivity (Wildman–Crippen MR) is 102 cm³/mol. The van der Waals surface area contributed by atoms with Crippen molar-refractivity contribution in [2.75, 3.05) is 0 Å². The zero-order valence-electron chi connectivity index (χ0n) is 15.4. The fourth-order valence-electron chi connectivity index (χ4n) is 3.73. The van der Waals surface area contributed by atoms with Crippen LogP contribution in [0.2, 0.25) is 0 Å². The topological polar surface area (TPSA) is 87.6 Å². The molecule has 0 saturated heterocycles. The smallest absolute Gasteiger partial charge is 0.408 e. The molecule has 2 N–H and O–H groups in total. The quantitative estimate of drug-likeness (QED) is 0.581. The molecule has 4 rings (SSSR count). The Morgan fingerprint density at radius 1 is 1.27 bits per heavy atom. The second-order valence-electron chi connectivity index (χ2n) is 7.78. The molecule has 3 aromatic heterocycles. The highest BCUT2D eigenvalue weighted by Crippen LogP contribution is 2.34. The molecule has 26 heavy (non-hydrogen) atoms. The number of H-pyrrole nitrogens is 2. The summed E-state index contributed by atoms with van der Waals surface area (Å²) in [6, 6.07) is 6.22. The molecule has 134 valence electrons. The van der Waals surface area contributed by atoms with E-state index in [1.165, 1.54) is 5.56 Å². The molecule has 4 aromatic rings. The van der Waals surface area contributed by atoms with Gasteiger partial charge in [0.15, 0.2) is 11.2 Å². The number of hydrogen-bond donors (Lipinski definition) is 2. The van der Waals surface area contributed by atoms with Gasteiger partial charge in [0.1, 0.15) is 0 Å². The summed E-state index contributed by atoms with van der Waals surface area (Å²) in [4.78, 5) is 18.8. The average Bonchev–Trinajstić information content (AvgIpc) is 3.18. The van der Waals surface area contributed by atoms with Crippen LogP contribution in [-0.4, -0.2) is 20.2 Å². The van der Waals surface area contributed by atoms with Crippen molar-refractivity contribution in [3.05, 3.63) is 57.8 Å². The van der Waals surface area contributed by atoms with Crippen LogP contribution in [0.15, 0.2) is 39.8 Å². The highest BCUT2D eigenvalue weighted by atomic mass is 16.4. The van der Waals surface area contributed by atoms with Crippen molar-refractivity contribution >= 4 is 22.1 Å². The van der Waals surface area contributed by atoms with Gasteiger partial charge in [-0.25, -0.2) is 9.78 Å². The monoisotopic (exact) mass is 350 g/mol. The lowest BCUT2D eigenvalue weighted by molar-refractivity contribution is 0.525. The van der Waals surface area contributed by atoms with Gasteiger partial charge in [-0.15, -0.1) is 0 Å². The summed E-state index contributed by atoms with van der Waals surface area (Å²) in [5, 5.41) is 8.10. The fourth-order valence-corrected chi connectivity index (χ4v) is 3.73. The number of aromatic amines is 2. The van der Waals surface area contributed by atoms with Crippen LogP contribution in [-0.2, 0) is 11.8 Å². The number of hydrogen-bond acceptors (Lipinski definition) is 4. The lowest BCUT2D eigenvalue weighted by Crippen LogP contribution is -2.21. The summed E-state index contributed by atoms with van der Waals surface area (Å²) >= 11 is 0. The van der Waals surface area contributed by atoms with Crippen LogP contribution in [0.1, 0.15) is 50.3 Å². The van der Waals surface area contributed by atoms with E-state index in [9.17, 15) is 4.79 Å². The van der Waals surface area contributed by atoms with Gasteiger partial charge in [-0.1, -0.05) is 33.8 Å². The number of pyridine rings is 1. The third kappa shape index (κ3) is 2.71. The number of fused-ring (bicyclic) bond motifs is 2. The molecule has 0 bridgehead atoms. The van der Waals surface area contributed by atoms with Gasteiger partial charge >= 0.3 is 5.76 Å². The van der Waals surface area contributed by atoms with Crippen LogP contribution in [0, 0.1) is 0 Å². The van der Waals surface area contributed by atoms with Crippen LogP contribution in [0.5, 0.6) is 0 Å². The van der Waals surface area contributed by atoms with Gasteiger partial charge in [-0.3, -0.25) is 10.1 Å². The van der Waals surface area contributed by atoms with Gasteiger partial charge < -0.3 is 4.42 Å². The molecule has 0 aliphatic carbocycles. The Bertz CT molecular complexity index is 1150. The Balaban J connectivity index is 1.81. The first-order valence-electron chi connectivity index (χ1n) is 8.79. The molecular weight excluding hydrogens is 328 g/mol. The maximum Gasteiger partial charge on any atom is 0.417 e. The van der Waals surface area contributed by atoms with Gasteiger partial charge in [0, 0.05) is 11.6 Å². The summed E-state index contributed by atoms with van der Waals surface area (Å²) in [6.45, 7) is 8.64. The molecule has 0 atom stereocenters. The van der Waals surface area contributed by atoms with Crippen molar-refractivity contribution in [1.82, 2.24) is 20.2 Å². The average molecular weight is 350 g/mol. The van der Waals surface area contributed by atoms with E-state index in [1.54, 1.807) is 0 Å². The number of oxazole rings is 1. The van der Waals surface area contributed by atoms with E-state index in [2.05, 4.69) is 60.0 Å². The van der Waals surface area contributed by atoms with Crippen molar-refractivity contribution < 1.29 is 4.42 Å². The normalized spacial score (nSPS) is 12.5. The molecule has 0 aliphatic heterocycles. The van der Waals surface area contributed by atoms with Gasteiger partial charge in [-0.2, -0.15) is 5.10 Å². The van der Waals surface area contributed by atoms with E-state index in [4.69, 9.17) is 4.42 Å². The predicted octanol–water partition coefficient (Wildman–Crippen LogP) is 4.04. The van der Waals surface area contributed by atoms with E-state index in [-0.39, 0.29) is 11.3 Å². The third-order valence-corrected chi connectivity index (χ3v) is 4.96. The molecule has 0 amide bonds. The highest BCUT2D eigenvalue weighted by molar-refractivity contribution is 5.80. The number of nitrogens with zero attached hydrogens (tertiary/aromatic N) is 2. The van der Waals surface area contributed by atoms with Gasteiger partial charge in [0.05, 0.1) is 11.7 Å². The fraction of sp³-hybridized carbons (Fsp3) is 0.350. The SMILES string of the molecule is CC(C)c1cc(CC(C)(C)c2ccnc3[nH]ncc23)cc2[nH]c(=O)oc12. The second-order valence-corrected chi connectivity index (χ2v) is 7.78. The minimum absolute atomic E-state index is 0.128. The Hall–Kier alpha value is -2.89. The molecular formula is C20H22N4O2. The van der Waals surface area contributed by atoms with E-state index in [0.29, 0.717) is 5.58 Å². The summed E-state index contributed by atoms with van der Waals surface area (Å²) in [7, 11) is 0. The molecule has 0 radical (unpaired) electrons. The van der Waals surface area contributed by atoms with E-state index in [0.717, 1.165) is 34.1 Å². The Morgan fingerprint density at radius 3 is 2.85 bits per heavy atom. The molecule has 1 aromatic carbocycles. The molecule has 0 spiro atoms. The third-order valence-electron chi connectivity index (χ3n) is 4.96. The first kappa shape index (κ1) is 16.6. The molecule has 0 unspecified atom stereocenters. The standard InChI is InChI=1S/C20H22N4O2/c1-11(2)13-7-12(8-16-17(13)26-19(25)23-16)9-20(3,4)15-5-6-21-18-14(15)10-22-24-18/h5-8,10-11H,9H2,1-4H3,(H,23,25)(H,21,22,24). The van der Waals surface area contributed by atoms with Crippen molar-refractivity contribution in [3.8, 4) is 0 Å². The first-order chi connectivity index (χ1) is 12.3. The van der Waals surface area contributed by atoms with Crippen LogP contribution < -0.4 is 5.76 Å². The molecule has 0 saturated carbocycles. The van der Waals surface area contributed by atoms with Crippen molar-refractivity contribution in [3.63, 3.8) is 0 Å². The van der Waals surface area contributed by atoms with Crippen LogP contribution in [0.25, 0.3) is 22.1 Å². The van der Waals surface area contributed by atoms with Crippen molar-refractivity contribution in [2.45, 2.75) is 45.4 Å². The van der Waals surface area contributed by atoms with Gasteiger partial charge in [-0.05, 0) is 46.6 Å². The summed E-state index contributed by atoms with van der Waals surface area (Å²) < 4.78 is 5.35. The lowest BCUT2D eigenvalue weighted by atomic mass is 9.78. The Kier molecular flexibility index (Phi) is 3.72. The number of aromatic nitrogens is 4. The van der Waals surface area contributed by atoms with E-state index >= 15 is 0 Å². The molecule has 6 heteroatoms. The van der Waals surface area contributed by atoms with E-state index < -0.39 is 5.76 Å². The van der Waals surface area contributed by atoms with Gasteiger partial charge in [0.25, 0.3) is 0 Å². The zero-order valence-corrected chi connectivity index (χ0v) is 15.4. The number of nitrogens with one attached hydrogen (secondary N) is 2. The van der Waals surface area contributed by atoms with E-state index in [1.807, 2.05) is 18.5 Å². The summed E-state index contributed by atoms with van der Waals surface area (Å²) in [6.07, 6.45) is 4.46. The summed E-state index contributed by atoms with van der Waals surface area (Å²) in [5.74, 6) is -0.145. The minimum atomic E-state index is -0.410. The molecule has 3 heterocycles. The van der Waals surface area contributed by atoms with Crippen LogP contribution >= 0.6 is 0 Å². The molecule has 6 nitrogen and oxygen atoms in total. The minimum Gasteiger partial charge on any atom is -0.408 e. The van der Waals surface area contributed by atoms with Gasteiger partial charge in [0.2, 0.25) is 0 Å². The Labute approximate surface area is 150 Å². The Morgan fingerprint density at radius 2 is 2.08 bits per heavy atom. The van der Waals surface area contributed by atoms with Crippen molar-refractivity contribution in [1.29, 1.82) is 0 Å². The zero-order chi connectivity index (χ0) is 18.5. The van der Waals surface area contributed by atoms with Crippen LogP contribution in [0.3, 0.4) is 0 Å². The summed E-state index contributed by atoms with van der Waals surface area (Å²) in [5.41, 5.74) is 5.50. The number of benzene rings is 1. The maximum absolute atomic E-state index is 11.7. The number of rotatable bonds is 4. The lowest BCUT2D eigenvalue weighted by Gasteiger charge is -2.26. The van der Waals surface area contributed by atoms with Crippen LogP contribution in [0.4, 0.5) is 0 Å². The van der Waals surface area contributed by atoms with Crippen molar-refractivity contribution in [2.24, 2.45) is 0 Å². The second kappa shape index (κ2) is 5.83. The highest BCUT2D eigenvalue weighted by Gasteiger charge is 2.25. The largest absolute Gasteiger partial charge is 0.417 e. The molecule has 0 fully saturated rings. The first-order valence-corrected chi connectivity index (χ1v) is 8.79.